The zero-order chi connectivity index (χ0) is 22.8. The van der Waals surface area contributed by atoms with Crippen LogP contribution >= 0.6 is 23.4 Å². The van der Waals surface area contributed by atoms with Crippen LogP contribution in [0.25, 0.3) is 0 Å². The monoisotopic (exact) mass is 465 g/mol. The highest BCUT2D eigenvalue weighted by Crippen LogP contribution is 2.15. The van der Waals surface area contributed by atoms with Gasteiger partial charge in [0.15, 0.2) is 0 Å². The fourth-order valence-electron chi connectivity index (χ4n) is 3.06. The number of nitrogens with one attached hydrogen (secondary N) is 2. The van der Waals surface area contributed by atoms with Gasteiger partial charge in [-0.2, -0.15) is 16.9 Å². The van der Waals surface area contributed by atoms with Crippen LogP contribution in [0.4, 0.5) is 0 Å². The van der Waals surface area contributed by atoms with E-state index in [0.717, 1.165) is 11.1 Å². The van der Waals surface area contributed by atoms with Gasteiger partial charge in [-0.25, -0.2) is 5.43 Å². The second-order valence-electron chi connectivity index (χ2n) is 6.96. The second-order valence-corrected chi connectivity index (χ2v) is 8.35. The Balaban J connectivity index is 1.81. The van der Waals surface area contributed by atoms with E-state index in [0.29, 0.717) is 28.5 Å². The maximum absolute atomic E-state index is 13.0. The van der Waals surface area contributed by atoms with Crippen molar-refractivity contribution in [2.75, 3.05) is 12.0 Å². The maximum atomic E-state index is 13.0. The van der Waals surface area contributed by atoms with Gasteiger partial charge < -0.3 is 5.32 Å². The molecule has 0 aliphatic rings. The predicted octanol–water partition coefficient (Wildman–Crippen LogP) is 4.76. The molecule has 1 atom stereocenters. The summed E-state index contributed by atoms with van der Waals surface area (Å²) in [5.74, 6) is -0.0783. The van der Waals surface area contributed by atoms with Crippen molar-refractivity contribution in [3.05, 3.63) is 107 Å². The molecular formula is C25H24ClN3O2S. The molecule has 7 heteroatoms. The summed E-state index contributed by atoms with van der Waals surface area (Å²) in [5.41, 5.74) is 5.37. The Morgan fingerprint density at radius 2 is 1.47 bits per heavy atom. The van der Waals surface area contributed by atoms with Gasteiger partial charge in [-0.15, -0.1) is 0 Å². The average molecular weight is 466 g/mol. The molecule has 0 aliphatic heterocycles. The quantitative estimate of drug-likeness (QED) is 0.353. The number of nitrogens with zero attached hydrogens (tertiary/aromatic N) is 1. The van der Waals surface area contributed by atoms with E-state index in [-0.39, 0.29) is 5.91 Å². The minimum atomic E-state index is -0.747. The molecule has 1 unspecified atom stereocenters. The Morgan fingerprint density at radius 3 is 2.03 bits per heavy atom. The third-order valence-corrected chi connectivity index (χ3v) is 5.70. The predicted molar refractivity (Wildman–Crippen MR) is 132 cm³/mol. The van der Waals surface area contributed by atoms with Gasteiger partial charge in [-0.05, 0) is 30.6 Å². The van der Waals surface area contributed by atoms with Gasteiger partial charge in [0.25, 0.3) is 11.8 Å². The normalized spacial score (nSPS) is 11.3. The van der Waals surface area contributed by atoms with Crippen molar-refractivity contribution in [2.45, 2.75) is 12.5 Å². The Labute approximate surface area is 197 Å². The Hall–Kier alpha value is -3.09. The molecule has 0 spiro atoms. The zero-order valence-corrected chi connectivity index (χ0v) is 19.2. The summed E-state index contributed by atoms with van der Waals surface area (Å²) in [5, 5.41) is 7.55. The van der Waals surface area contributed by atoms with Crippen LogP contribution in [0.3, 0.4) is 0 Å². The molecule has 0 aromatic heterocycles. The van der Waals surface area contributed by atoms with Crippen molar-refractivity contribution < 1.29 is 9.59 Å². The lowest BCUT2D eigenvalue weighted by atomic mass is 10.0. The molecule has 0 fully saturated rings. The molecule has 0 saturated heterocycles. The Kier molecular flexibility index (Phi) is 8.90. The Morgan fingerprint density at radius 1 is 0.906 bits per heavy atom. The molecule has 2 N–H and O–H groups in total. The van der Waals surface area contributed by atoms with Crippen LogP contribution in [0.5, 0.6) is 0 Å². The fourth-order valence-corrected chi connectivity index (χ4v) is 3.76. The maximum Gasteiger partial charge on any atom is 0.262 e. The van der Waals surface area contributed by atoms with E-state index in [1.807, 2.05) is 66.9 Å². The number of rotatable bonds is 9. The van der Waals surface area contributed by atoms with Crippen LogP contribution in [0.2, 0.25) is 5.02 Å². The Bertz CT molecular complexity index is 1030. The first-order chi connectivity index (χ1) is 15.6. The summed E-state index contributed by atoms with van der Waals surface area (Å²) in [4.78, 5) is 25.7. The van der Waals surface area contributed by atoms with E-state index in [2.05, 4.69) is 15.8 Å². The number of carbonyl (C=O) groups excluding carboxylic acids is 2. The van der Waals surface area contributed by atoms with Crippen molar-refractivity contribution in [1.82, 2.24) is 10.7 Å². The van der Waals surface area contributed by atoms with Gasteiger partial charge in [-0.1, -0.05) is 84.4 Å². The van der Waals surface area contributed by atoms with E-state index in [9.17, 15) is 9.59 Å². The first-order valence-electron chi connectivity index (χ1n) is 10.1. The van der Waals surface area contributed by atoms with Crippen molar-refractivity contribution in [3.8, 4) is 0 Å². The molecule has 0 saturated carbocycles. The van der Waals surface area contributed by atoms with Crippen molar-refractivity contribution in [2.24, 2.45) is 5.10 Å². The molecule has 2 amide bonds. The zero-order valence-electron chi connectivity index (χ0n) is 17.6. The van der Waals surface area contributed by atoms with Gasteiger partial charge >= 0.3 is 0 Å². The molecule has 3 rings (SSSR count). The lowest BCUT2D eigenvalue weighted by molar-refractivity contribution is -0.123. The van der Waals surface area contributed by atoms with Gasteiger partial charge in [0.2, 0.25) is 0 Å². The number of halogens is 1. The van der Waals surface area contributed by atoms with E-state index < -0.39 is 11.9 Å². The van der Waals surface area contributed by atoms with Crippen molar-refractivity contribution in [1.29, 1.82) is 0 Å². The molecule has 0 radical (unpaired) electrons. The third kappa shape index (κ3) is 6.45. The SMILES string of the molecule is CSCCC(NC(=O)c1ccccc1Cl)C(=O)NN=C(c1ccccc1)c1ccccc1. The van der Waals surface area contributed by atoms with Crippen LogP contribution in [0.15, 0.2) is 90.0 Å². The highest BCUT2D eigenvalue weighted by Gasteiger charge is 2.22. The summed E-state index contributed by atoms with van der Waals surface area (Å²) < 4.78 is 0. The number of hydrazone groups is 1. The molecule has 3 aromatic rings. The van der Waals surface area contributed by atoms with Crippen LogP contribution in [-0.2, 0) is 4.79 Å². The molecule has 32 heavy (non-hydrogen) atoms. The van der Waals surface area contributed by atoms with Crippen LogP contribution in [-0.4, -0.2) is 35.6 Å². The number of hydrogen-bond acceptors (Lipinski definition) is 4. The fraction of sp³-hybridized carbons (Fsp3) is 0.160. The second kappa shape index (κ2) is 12.1. The van der Waals surface area contributed by atoms with Gasteiger partial charge in [0.05, 0.1) is 16.3 Å². The topological polar surface area (TPSA) is 70.6 Å². The number of hydrogen-bond donors (Lipinski definition) is 2. The summed E-state index contributed by atoms with van der Waals surface area (Å²) in [7, 11) is 0. The van der Waals surface area contributed by atoms with E-state index >= 15 is 0 Å². The van der Waals surface area contributed by atoms with Gasteiger partial charge in [-0.3, -0.25) is 9.59 Å². The van der Waals surface area contributed by atoms with Crippen LogP contribution in [0.1, 0.15) is 27.9 Å². The number of carbonyl (C=O) groups is 2. The van der Waals surface area contributed by atoms with E-state index in [4.69, 9.17) is 11.6 Å². The average Bonchev–Trinajstić information content (AvgIpc) is 2.83. The standard InChI is InChI=1S/C25H24ClN3O2S/c1-32-17-16-22(27-24(30)20-14-8-9-15-21(20)26)25(31)29-28-23(18-10-4-2-5-11-18)19-12-6-3-7-13-19/h2-15,22H,16-17H2,1H3,(H,27,30)(H,29,31). The van der Waals surface area contributed by atoms with E-state index in [1.54, 1.807) is 36.0 Å². The largest absolute Gasteiger partial charge is 0.340 e. The molecule has 0 aliphatic carbocycles. The molecule has 0 heterocycles. The molecular weight excluding hydrogens is 442 g/mol. The molecule has 0 bridgehead atoms. The van der Waals surface area contributed by atoms with Crippen molar-refractivity contribution in [3.63, 3.8) is 0 Å². The summed E-state index contributed by atoms with van der Waals surface area (Å²) in [6.45, 7) is 0. The summed E-state index contributed by atoms with van der Waals surface area (Å²) in [6.07, 6.45) is 2.41. The van der Waals surface area contributed by atoms with Crippen LogP contribution in [0, 0.1) is 0 Å². The van der Waals surface area contributed by atoms with Crippen LogP contribution < -0.4 is 10.7 Å². The highest BCUT2D eigenvalue weighted by atomic mass is 35.5. The summed E-state index contributed by atoms with van der Waals surface area (Å²) in [6, 6.07) is 25.3. The minimum Gasteiger partial charge on any atom is -0.340 e. The molecule has 164 valence electrons. The number of benzene rings is 3. The van der Waals surface area contributed by atoms with Crippen molar-refractivity contribution >= 4 is 40.9 Å². The number of amides is 2. The van der Waals surface area contributed by atoms with Gasteiger partial charge in [0.1, 0.15) is 6.04 Å². The van der Waals surface area contributed by atoms with Gasteiger partial charge in [0, 0.05) is 11.1 Å². The third-order valence-electron chi connectivity index (χ3n) is 4.72. The van der Waals surface area contributed by atoms with E-state index in [1.165, 1.54) is 0 Å². The highest BCUT2D eigenvalue weighted by molar-refractivity contribution is 7.98. The smallest absolute Gasteiger partial charge is 0.262 e. The first kappa shape index (κ1) is 23.6. The first-order valence-corrected chi connectivity index (χ1v) is 11.9. The molecule has 3 aromatic carbocycles. The number of thioether (sulfide) groups is 1. The lowest BCUT2D eigenvalue weighted by Gasteiger charge is -2.18. The summed E-state index contributed by atoms with van der Waals surface area (Å²) >= 11 is 7.74. The minimum absolute atomic E-state index is 0.328. The molecule has 5 nitrogen and oxygen atoms in total. The lowest BCUT2D eigenvalue weighted by Crippen LogP contribution is -2.46.